The number of nitrogens with one attached hydrogen (secondary N) is 2. The molecule has 2 amide bonds. The SMILES string of the molecule is CCNC(=O)[C@H](C)NC(=O)CN1CCN(S(=O)(=O)c2cccc(Cl)c2)CC1. The van der Waals surface area contributed by atoms with Gasteiger partial charge in [0.25, 0.3) is 0 Å². The van der Waals surface area contributed by atoms with Gasteiger partial charge in [0.1, 0.15) is 6.04 Å². The third-order valence-corrected chi connectivity index (χ3v) is 6.38. The van der Waals surface area contributed by atoms with Gasteiger partial charge in [0.15, 0.2) is 0 Å². The lowest BCUT2D eigenvalue weighted by Crippen LogP contribution is -2.53. The molecule has 8 nitrogen and oxygen atoms in total. The number of benzene rings is 1. The maximum Gasteiger partial charge on any atom is 0.243 e. The van der Waals surface area contributed by atoms with E-state index >= 15 is 0 Å². The number of carbonyl (C=O) groups is 2. The van der Waals surface area contributed by atoms with Gasteiger partial charge in [-0.25, -0.2) is 8.42 Å². The van der Waals surface area contributed by atoms with Crippen molar-refractivity contribution in [3.8, 4) is 0 Å². The lowest BCUT2D eigenvalue weighted by molar-refractivity contribution is -0.129. The molecule has 1 aromatic carbocycles. The zero-order valence-corrected chi connectivity index (χ0v) is 17.0. The van der Waals surface area contributed by atoms with E-state index in [4.69, 9.17) is 11.6 Å². The Balaban J connectivity index is 1.86. The Bertz CT molecular complexity index is 779. The lowest BCUT2D eigenvalue weighted by Gasteiger charge is -2.33. The van der Waals surface area contributed by atoms with Gasteiger partial charge in [-0.2, -0.15) is 4.31 Å². The predicted molar refractivity (Wildman–Crippen MR) is 103 cm³/mol. The zero-order chi connectivity index (χ0) is 20.0. The molecule has 10 heteroatoms. The Labute approximate surface area is 164 Å². The number of nitrogens with zero attached hydrogens (tertiary/aromatic N) is 2. The summed E-state index contributed by atoms with van der Waals surface area (Å²) in [4.78, 5) is 25.8. The van der Waals surface area contributed by atoms with Crippen molar-refractivity contribution in [3.63, 3.8) is 0 Å². The van der Waals surface area contributed by atoms with Gasteiger partial charge in [0.05, 0.1) is 11.4 Å². The van der Waals surface area contributed by atoms with Gasteiger partial charge in [-0.05, 0) is 32.0 Å². The van der Waals surface area contributed by atoms with Crippen molar-refractivity contribution < 1.29 is 18.0 Å². The average molecular weight is 417 g/mol. The fourth-order valence-electron chi connectivity index (χ4n) is 2.79. The fourth-order valence-corrected chi connectivity index (χ4v) is 4.51. The highest BCUT2D eigenvalue weighted by molar-refractivity contribution is 7.89. The van der Waals surface area contributed by atoms with E-state index in [1.807, 2.05) is 11.8 Å². The minimum Gasteiger partial charge on any atom is -0.355 e. The van der Waals surface area contributed by atoms with Crippen LogP contribution in [0.1, 0.15) is 13.8 Å². The number of amides is 2. The van der Waals surface area contributed by atoms with Crippen molar-refractivity contribution in [2.75, 3.05) is 39.3 Å². The molecule has 1 heterocycles. The van der Waals surface area contributed by atoms with E-state index in [0.29, 0.717) is 24.7 Å². The molecule has 1 saturated heterocycles. The Morgan fingerprint density at radius 2 is 1.89 bits per heavy atom. The minimum absolute atomic E-state index is 0.120. The molecule has 0 aromatic heterocycles. The molecule has 0 unspecified atom stereocenters. The number of rotatable bonds is 7. The Hall–Kier alpha value is -1.68. The summed E-state index contributed by atoms with van der Waals surface area (Å²) in [6.07, 6.45) is 0. The second-order valence-corrected chi connectivity index (χ2v) is 8.70. The fraction of sp³-hybridized carbons (Fsp3) is 0.529. The zero-order valence-electron chi connectivity index (χ0n) is 15.4. The van der Waals surface area contributed by atoms with Crippen LogP contribution >= 0.6 is 11.6 Å². The van der Waals surface area contributed by atoms with E-state index in [9.17, 15) is 18.0 Å². The molecule has 27 heavy (non-hydrogen) atoms. The minimum atomic E-state index is -3.60. The van der Waals surface area contributed by atoms with Crippen LogP contribution in [0, 0.1) is 0 Å². The molecular formula is C17H25ClN4O4S. The van der Waals surface area contributed by atoms with E-state index < -0.39 is 16.1 Å². The highest BCUT2D eigenvalue weighted by atomic mass is 35.5. The van der Waals surface area contributed by atoms with Crippen LogP contribution in [0.15, 0.2) is 29.2 Å². The van der Waals surface area contributed by atoms with Gasteiger partial charge in [0, 0.05) is 37.7 Å². The van der Waals surface area contributed by atoms with Crippen molar-refractivity contribution in [1.29, 1.82) is 0 Å². The largest absolute Gasteiger partial charge is 0.355 e. The summed E-state index contributed by atoms with van der Waals surface area (Å²) in [5, 5.41) is 5.66. The molecule has 0 bridgehead atoms. The Kier molecular flexibility index (Phi) is 7.60. The maximum atomic E-state index is 12.7. The first-order chi connectivity index (χ1) is 12.7. The number of hydrogen-bond acceptors (Lipinski definition) is 5. The molecule has 0 aliphatic carbocycles. The summed E-state index contributed by atoms with van der Waals surface area (Å²) in [6.45, 7) is 5.49. The molecule has 1 aliphatic rings. The van der Waals surface area contributed by atoms with Crippen LogP contribution in [0.5, 0.6) is 0 Å². The first-order valence-electron chi connectivity index (χ1n) is 8.79. The van der Waals surface area contributed by atoms with Gasteiger partial charge in [-0.15, -0.1) is 0 Å². The number of likely N-dealkylation sites (N-methyl/N-ethyl adjacent to an activating group) is 1. The molecule has 1 aromatic rings. The quantitative estimate of drug-likeness (QED) is 0.665. The third kappa shape index (κ3) is 5.90. The molecule has 0 radical (unpaired) electrons. The Morgan fingerprint density at radius 1 is 1.22 bits per heavy atom. The van der Waals surface area contributed by atoms with E-state index in [-0.39, 0.29) is 36.3 Å². The summed E-state index contributed by atoms with van der Waals surface area (Å²) in [5.41, 5.74) is 0. The third-order valence-electron chi connectivity index (χ3n) is 4.25. The number of halogens is 1. The molecule has 150 valence electrons. The van der Waals surface area contributed by atoms with Gasteiger partial charge in [-0.1, -0.05) is 17.7 Å². The average Bonchev–Trinajstić information content (AvgIpc) is 2.62. The van der Waals surface area contributed by atoms with Crippen molar-refractivity contribution in [1.82, 2.24) is 19.8 Å². The first kappa shape index (κ1) is 21.6. The van der Waals surface area contributed by atoms with Crippen LogP contribution < -0.4 is 10.6 Å². The standard InChI is InChI=1S/C17H25ClN4O4S/c1-3-19-17(24)13(2)20-16(23)12-21-7-9-22(10-8-21)27(25,26)15-6-4-5-14(18)11-15/h4-6,11,13H,3,7-10,12H2,1-2H3,(H,19,24)(H,20,23)/t13-/m0/s1. The summed E-state index contributed by atoms with van der Waals surface area (Å²) in [7, 11) is -3.60. The van der Waals surface area contributed by atoms with Crippen molar-refractivity contribution in [3.05, 3.63) is 29.3 Å². The van der Waals surface area contributed by atoms with E-state index in [1.165, 1.54) is 16.4 Å². The van der Waals surface area contributed by atoms with Gasteiger partial charge < -0.3 is 10.6 Å². The molecule has 1 fully saturated rings. The number of carbonyl (C=O) groups excluding carboxylic acids is 2. The Morgan fingerprint density at radius 3 is 2.48 bits per heavy atom. The van der Waals surface area contributed by atoms with Crippen molar-refractivity contribution in [2.45, 2.75) is 24.8 Å². The smallest absolute Gasteiger partial charge is 0.243 e. The molecule has 1 atom stereocenters. The summed E-state index contributed by atoms with van der Waals surface area (Å²) in [5.74, 6) is -0.497. The van der Waals surface area contributed by atoms with Crippen LogP contribution in [-0.4, -0.2) is 74.7 Å². The molecule has 0 spiro atoms. The first-order valence-corrected chi connectivity index (χ1v) is 10.6. The van der Waals surface area contributed by atoms with Crippen molar-refractivity contribution in [2.24, 2.45) is 0 Å². The summed E-state index contributed by atoms with van der Waals surface area (Å²) < 4.78 is 26.7. The number of piperazine rings is 1. The van der Waals surface area contributed by atoms with Gasteiger partial charge in [0.2, 0.25) is 21.8 Å². The van der Waals surface area contributed by atoms with Crippen LogP contribution in [0.4, 0.5) is 0 Å². The molecular weight excluding hydrogens is 392 g/mol. The van der Waals surface area contributed by atoms with Crippen LogP contribution in [0.3, 0.4) is 0 Å². The molecule has 1 aliphatic heterocycles. The predicted octanol–water partition coefficient (Wildman–Crippen LogP) is 0.287. The second-order valence-electron chi connectivity index (χ2n) is 6.32. The van der Waals surface area contributed by atoms with E-state index in [0.717, 1.165) is 0 Å². The summed E-state index contributed by atoms with van der Waals surface area (Å²) in [6, 6.07) is 5.57. The normalized spacial score (nSPS) is 17.3. The van der Waals surface area contributed by atoms with Crippen LogP contribution in [-0.2, 0) is 19.6 Å². The van der Waals surface area contributed by atoms with E-state index in [1.54, 1.807) is 19.1 Å². The lowest BCUT2D eigenvalue weighted by atomic mass is 10.3. The van der Waals surface area contributed by atoms with Gasteiger partial charge >= 0.3 is 0 Å². The monoisotopic (exact) mass is 416 g/mol. The van der Waals surface area contributed by atoms with Crippen LogP contribution in [0.25, 0.3) is 0 Å². The van der Waals surface area contributed by atoms with E-state index in [2.05, 4.69) is 10.6 Å². The topological polar surface area (TPSA) is 98.8 Å². The van der Waals surface area contributed by atoms with Crippen LogP contribution in [0.2, 0.25) is 5.02 Å². The molecule has 2 N–H and O–H groups in total. The van der Waals surface area contributed by atoms with Gasteiger partial charge in [-0.3, -0.25) is 14.5 Å². The number of hydrogen-bond donors (Lipinski definition) is 2. The maximum absolute atomic E-state index is 12.7. The summed E-state index contributed by atoms with van der Waals surface area (Å²) >= 11 is 5.89. The number of sulfonamides is 1. The van der Waals surface area contributed by atoms with Crippen molar-refractivity contribution >= 4 is 33.4 Å². The molecule has 0 saturated carbocycles. The highest BCUT2D eigenvalue weighted by Gasteiger charge is 2.29. The second kappa shape index (κ2) is 9.50. The molecule has 2 rings (SSSR count). The highest BCUT2D eigenvalue weighted by Crippen LogP contribution is 2.20.